The lowest BCUT2D eigenvalue weighted by Crippen LogP contribution is -2.40. The molecule has 0 radical (unpaired) electrons. The van der Waals surface area contributed by atoms with Gasteiger partial charge in [0.25, 0.3) is 0 Å². The molecule has 5 heteroatoms. The Balaban J connectivity index is 1.44. The lowest BCUT2D eigenvalue weighted by molar-refractivity contribution is -0.132. The van der Waals surface area contributed by atoms with Crippen LogP contribution in [0.2, 0.25) is 0 Å². The van der Waals surface area contributed by atoms with Gasteiger partial charge in [-0.15, -0.1) is 0 Å². The SMILES string of the molecule is O=C(CN1CCCC1c1ccc2c(c1)OCCO2)N1CCCCCC1. The monoisotopic (exact) mass is 344 g/mol. The normalized spacial score (nSPS) is 24.2. The van der Waals surface area contributed by atoms with E-state index < -0.39 is 0 Å². The molecule has 2 fully saturated rings. The van der Waals surface area contributed by atoms with Gasteiger partial charge >= 0.3 is 0 Å². The highest BCUT2D eigenvalue weighted by Gasteiger charge is 2.30. The Morgan fingerprint density at radius 3 is 2.52 bits per heavy atom. The van der Waals surface area contributed by atoms with Crippen LogP contribution in [0.4, 0.5) is 0 Å². The minimum absolute atomic E-state index is 0.298. The summed E-state index contributed by atoms with van der Waals surface area (Å²) >= 11 is 0. The zero-order chi connectivity index (χ0) is 17.1. The summed E-state index contributed by atoms with van der Waals surface area (Å²) in [5, 5.41) is 0. The molecular formula is C20H28N2O3. The van der Waals surface area contributed by atoms with Crippen molar-refractivity contribution < 1.29 is 14.3 Å². The molecule has 3 aliphatic rings. The second kappa shape index (κ2) is 7.65. The molecule has 136 valence electrons. The van der Waals surface area contributed by atoms with Crippen molar-refractivity contribution in [3.63, 3.8) is 0 Å². The van der Waals surface area contributed by atoms with E-state index >= 15 is 0 Å². The summed E-state index contributed by atoms with van der Waals surface area (Å²) in [6.07, 6.45) is 7.06. The standard InChI is InChI=1S/C20H28N2O3/c23-20(21-9-3-1-2-4-10-21)15-22-11-5-6-17(22)16-7-8-18-19(14-16)25-13-12-24-18/h7-8,14,17H,1-6,9-13,15H2. The number of hydrogen-bond acceptors (Lipinski definition) is 4. The predicted octanol–water partition coefficient (Wildman–Crippen LogP) is 3.00. The number of benzene rings is 1. The molecule has 4 rings (SSSR count). The Morgan fingerprint density at radius 1 is 0.960 bits per heavy atom. The van der Waals surface area contributed by atoms with Crippen molar-refractivity contribution in [2.45, 2.75) is 44.6 Å². The molecule has 0 saturated carbocycles. The summed E-state index contributed by atoms with van der Waals surface area (Å²) < 4.78 is 11.4. The topological polar surface area (TPSA) is 42.0 Å². The fraction of sp³-hybridized carbons (Fsp3) is 0.650. The summed E-state index contributed by atoms with van der Waals surface area (Å²) in [4.78, 5) is 17.2. The Kier molecular flexibility index (Phi) is 5.11. The van der Waals surface area contributed by atoms with Crippen molar-refractivity contribution in [2.24, 2.45) is 0 Å². The van der Waals surface area contributed by atoms with Crippen LogP contribution >= 0.6 is 0 Å². The number of likely N-dealkylation sites (tertiary alicyclic amines) is 2. The van der Waals surface area contributed by atoms with Crippen molar-refractivity contribution in [1.82, 2.24) is 9.80 Å². The third kappa shape index (κ3) is 3.76. The first-order valence-electron chi connectivity index (χ1n) is 9.72. The van der Waals surface area contributed by atoms with Crippen molar-refractivity contribution in [3.8, 4) is 11.5 Å². The van der Waals surface area contributed by atoms with Gasteiger partial charge in [0.05, 0.1) is 6.54 Å². The Bertz CT molecular complexity index is 611. The third-order valence-electron chi connectivity index (χ3n) is 5.61. The van der Waals surface area contributed by atoms with Crippen LogP contribution in [-0.2, 0) is 4.79 Å². The predicted molar refractivity (Wildman–Crippen MR) is 96.0 cm³/mol. The summed E-state index contributed by atoms with van der Waals surface area (Å²) in [6.45, 7) is 4.63. The summed E-state index contributed by atoms with van der Waals surface area (Å²) in [7, 11) is 0. The van der Waals surface area contributed by atoms with Crippen molar-refractivity contribution >= 4 is 5.91 Å². The number of hydrogen-bond donors (Lipinski definition) is 0. The molecule has 3 heterocycles. The van der Waals surface area contributed by atoms with E-state index in [0.29, 0.717) is 31.7 Å². The van der Waals surface area contributed by atoms with Crippen LogP contribution in [0, 0.1) is 0 Å². The number of ether oxygens (including phenoxy) is 2. The van der Waals surface area contributed by atoms with E-state index in [1.165, 1.54) is 18.4 Å². The van der Waals surface area contributed by atoms with Gasteiger partial charge in [0, 0.05) is 19.1 Å². The van der Waals surface area contributed by atoms with Crippen LogP contribution in [0.25, 0.3) is 0 Å². The van der Waals surface area contributed by atoms with Gasteiger partial charge in [-0.3, -0.25) is 9.69 Å². The first-order chi connectivity index (χ1) is 12.3. The molecule has 5 nitrogen and oxygen atoms in total. The van der Waals surface area contributed by atoms with E-state index in [-0.39, 0.29) is 0 Å². The van der Waals surface area contributed by atoms with Crippen molar-refractivity contribution in [2.75, 3.05) is 39.4 Å². The van der Waals surface area contributed by atoms with Gasteiger partial charge < -0.3 is 14.4 Å². The van der Waals surface area contributed by atoms with Crippen molar-refractivity contribution in [1.29, 1.82) is 0 Å². The molecule has 1 atom stereocenters. The quantitative estimate of drug-likeness (QED) is 0.845. The minimum atomic E-state index is 0.298. The molecule has 0 N–H and O–H groups in total. The van der Waals surface area contributed by atoms with E-state index in [1.807, 2.05) is 6.07 Å². The van der Waals surface area contributed by atoms with Gasteiger partial charge in [-0.25, -0.2) is 0 Å². The van der Waals surface area contributed by atoms with E-state index in [1.54, 1.807) is 0 Å². The highest BCUT2D eigenvalue weighted by molar-refractivity contribution is 5.78. The fourth-order valence-electron chi connectivity index (χ4n) is 4.25. The molecule has 3 aliphatic heterocycles. The number of rotatable bonds is 3. The van der Waals surface area contributed by atoms with Gasteiger partial charge in [-0.2, -0.15) is 0 Å². The van der Waals surface area contributed by atoms with Crippen LogP contribution < -0.4 is 9.47 Å². The molecule has 1 unspecified atom stereocenters. The molecule has 1 amide bonds. The van der Waals surface area contributed by atoms with E-state index in [4.69, 9.17) is 9.47 Å². The maximum atomic E-state index is 12.8. The molecule has 0 spiro atoms. The first kappa shape index (κ1) is 16.7. The average Bonchev–Trinajstić information content (AvgIpc) is 2.92. The molecule has 0 aliphatic carbocycles. The lowest BCUT2D eigenvalue weighted by Gasteiger charge is -2.29. The molecule has 0 aromatic heterocycles. The van der Waals surface area contributed by atoms with Gasteiger partial charge in [-0.1, -0.05) is 18.9 Å². The van der Waals surface area contributed by atoms with Crippen LogP contribution in [0.3, 0.4) is 0 Å². The highest BCUT2D eigenvalue weighted by Crippen LogP contribution is 2.38. The smallest absolute Gasteiger partial charge is 0.236 e. The van der Waals surface area contributed by atoms with E-state index in [0.717, 1.165) is 56.8 Å². The molecule has 1 aromatic carbocycles. The maximum Gasteiger partial charge on any atom is 0.236 e. The van der Waals surface area contributed by atoms with Gasteiger partial charge in [0.1, 0.15) is 13.2 Å². The zero-order valence-electron chi connectivity index (χ0n) is 14.9. The van der Waals surface area contributed by atoms with Crippen molar-refractivity contribution in [3.05, 3.63) is 23.8 Å². The van der Waals surface area contributed by atoms with Crippen LogP contribution in [-0.4, -0.2) is 55.1 Å². The van der Waals surface area contributed by atoms with E-state index in [9.17, 15) is 4.79 Å². The average molecular weight is 344 g/mol. The largest absolute Gasteiger partial charge is 0.486 e. The number of nitrogens with zero attached hydrogens (tertiary/aromatic N) is 2. The number of carbonyl (C=O) groups is 1. The van der Waals surface area contributed by atoms with Gasteiger partial charge in [-0.05, 0) is 49.9 Å². The van der Waals surface area contributed by atoms with E-state index in [2.05, 4.69) is 21.9 Å². The molecule has 0 bridgehead atoms. The summed E-state index contributed by atoms with van der Waals surface area (Å²) in [5.41, 5.74) is 1.24. The van der Waals surface area contributed by atoms with Gasteiger partial charge in [0.15, 0.2) is 11.5 Å². The Labute approximate surface area is 149 Å². The third-order valence-corrected chi connectivity index (χ3v) is 5.61. The zero-order valence-corrected chi connectivity index (χ0v) is 14.9. The van der Waals surface area contributed by atoms with Crippen LogP contribution in [0.5, 0.6) is 11.5 Å². The summed E-state index contributed by atoms with van der Waals surface area (Å²) in [5.74, 6) is 1.97. The maximum absolute atomic E-state index is 12.8. The number of carbonyl (C=O) groups excluding carboxylic acids is 1. The summed E-state index contributed by atoms with van der Waals surface area (Å²) in [6, 6.07) is 6.56. The van der Waals surface area contributed by atoms with Gasteiger partial charge in [0.2, 0.25) is 5.91 Å². The number of fused-ring (bicyclic) bond motifs is 1. The first-order valence-corrected chi connectivity index (χ1v) is 9.72. The molecule has 2 saturated heterocycles. The molecular weight excluding hydrogens is 316 g/mol. The van der Waals surface area contributed by atoms with Crippen LogP contribution in [0.1, 0.15) is 50.1 Å². The highest BCUT2D eigenvalue weighted by atomic mass is 16.6. The second-order valence-corrected chi connectivity index (χ2v) is 7.33. The lowest BCUT2D eigenvalue weighted by atomic mass is 10.0. The number of amides is 1. The fourth-order valence-corrected chi connectivity index (χ4v) is 4.25. The van der Waals surface area contributed by atoms with Crippen LogP contribution in [0.15, 0.2) is 18.2 Å². The Hall–Kier alpha value is -1.75. The Morgan fingerprint density at radius 2 is 1.72 bits per heavy atom. The minimum Gasteiger partial charge on any atom is -0.486 e. The molecule has 1 aromatic rings. The molecule has 25 heavy (non-hydrogen) atoms. The second-order valence-electron chi connectivity index (χ2n) is 7.33.